The maximum atomic E-state index is 13.9. The summed E-state index contributed by atoms with van der Waals surface area (Å²) in [5.74, 6) is -0.174. The van der Waals surface area contributed by atoms with Crippen LogP contribution in [-0.2, 0) is 27.5 Å². The van der Waals surface area contributed by atoms with E-state index in [0.29, 0.717) is 43.2 Å². The summed E-state index contributed by atoms with van der Waals surface area (Å²) < 4.78 is 1.93. The number of hydrogen-bond acceptors (Lipinski definition) is 7. The molecule has 0 bridgehead atoms. The van der Waals surface area contributed by atoms with Crippen molar-refractivity contribution >= 4 is 46.1 Å². The zero-order valence-corrected chi connectivity index (χ0v) is 29.8. The minimum Gasteiger partial charge on any atom is -0.480 e. The van der Waals surface area contributed by atoms with Gasteiger partial charge in [-0.25, -0.2) is 9.78 Å². The highest BCUT2D eigenvalue weighted by molar-refractivity contribution is 7.98. The molecule has 1 heterocycles. The first-order valence-electron chi connectivity index (χ1n) is 16.5. The summed E-state index contributed by atoms with van der Waals surface area (Å²) >= 11 is 1.55. The Kier molecular flexibility index (Phi) is 13.4. The van der Waals surface area contributed by atoms with Gasteiger partial charge in [-0.2, -0.15) is 17.0 Å². The maximum absolute atomic E-state index is 13.9. The fraction of sp³-hybridized carbons (Fsp3) is 0.395. The molecule has 0 saturated heterocycles. The van der Waals surface area contributed by atoms with Gasteiger partial charge in [0.1, 0.15) is 11.9 Å². The number of carbonyl (C=O) groups excluding carboxylic acids is 2. The molecule has 0 saturated carbocycles. The van der Waals surface area contributed by atoms with Crippen molar-refractivity contribution in [3.63, 3.8) is 0 Å². The van der Waals surface area contributed by atoms with E-state index in [2.05, 4.69) is 49.2 Å². The van der Waals surface area contributed by atoms with Gasteiger partial charge in [-0.15, -0.1) is 0 Å². The van der Waals surface area contributed by atoms with Crippen LogP contribution in [0.5, 0.6) is 0 Å². The summed E-state index contributed by atoms with van der Waals surface area (Å²) in [4.78, 5) is 49.2. The van der Waals surface area contributed by atoms with Gasteiger partial charge in [0.25, 0.3) is 0 Å². The Balaban J connectivity index is 1.72. The minimum absolute atomic E-state index is 0.0219. The van der Waals surface area contributed by atoms with Crippen molar-refractivity contribution in [2.24, 2.45) is 5.92 Å². The molecule has 0 unspecified atom stereocenters. The van der Waals surface area contributed by atoms with Crippen LogP contribution in [0.1, 0.15) is 50.3 Å². The number of carbonyl (C=O) groups is 3. The molecule has 3 atom stereocenters. The quantitative estimate of drug-likeness (QED) is 0.146. The molecule has 11 heteroatoms. The lowest BCUT2D eigenvalue weighted by molar-refractivity contribution is -0.149. The number of hydrogen-bond donors (Lipinski definition) is 1. The van der Waals surface area contributed by atoms with Crippen LogP contribution in [0.15, 0.2) is 79.3 Å². The number of nitriles is 1. The first kappa shape index (κ1) is 37.2. The van der Waals surface area contributed by atoms with Crippen LogP contribution < -0.4 is 4.90 Å². The maximum Gasteiger partial charge on any atom is 0.326 e. The summed E-state index contributed by atoms with van der Waals surface area (Å²) in [6, 6.07) is 22.4. The molecule has 0 fully saturated rings. The van der Waals surface area contributed by atoms with Gasteiger partial charge in [-0.05, 0) is 58.4 Å². The predicted molar refractivity (Wildman–Crippen MR) is 195 cm³/mol. The Morgan fingerprint density at radius 2 is 1.78 bits per heavy atom. The molecule has 0 spiro atoms. The van der Waals surface area contributed by atoms with Gasteiger partial charge in [-0.1, -0.05) is 74.9 Å². The summed E-state index contributed by atoms with van der Waals surface area (Å²) in [5.41, 5.74) is 2.57. The third-order valence-corrected chi connectivity index (χ3v) is 9.81. The van der Waals surface area contributed by atoms with E-state index < -0.39 is 12.0 Å². The molecule has 0 aliphatic carbocycles. The predicted octanol–water partition coefficient (Wildman–Crippen LogP) is 5.89. The first-order chi connectivity index (χ1) is 23.6. The fourth-order valence-corrected chi connectivity index (χ4v) is 6.64. The van der Waals surface area contributed by atoms with Crippen LogP contribution in [0, 0.1) is 17.2 Å². The fourth-order valence-electron chi connectivity index (χ4n) is 6.18. The van der Waals surface area contributed by atoms with Crippen LogP contribution in [0.25, 0.3) is 10.8 Å². The number of amides is 2. The molecule has 258 valence electrons. The van der Waals surface area contributed by atoms with E-state index in [9.17, 15) is 24.8 Å². The number of thioether (sulfide) groups is 1. The smallest absolute Gasteiger partial charge is 0.326 e. The van der Waals surface area contributed by atoms with Gasteiger partial charge in [0, 0.05) is 27.1 Å². The minimum atomic E-state index is -1.03. The van der Waals surface area contributed by atoms with Crippen molar-refractivity contribution in [1.29, 1.82) is 5.26 Å². The lowest BCUT2D eigenvalue weighted by Crippen LogP contribution is -2.53. The van der Waals surface area contributed by atoms with Crippen LogP contribution >= 0.6 is 11.8 Å². The molecular formula is C38H46N6O4S. The Labute approximate surface area is 293 Å². The average molecular weight is 683 g/mol. The average Bonchev–Trinajstić information content (AvgIpc) is 3.54. The summed E-state index contributed by atoms with van der Waals surface area (Å²) in [5, 5.41) is 21.4. The highest BCUT2D eigenvalue weighted by Gasteiger charge is 2.33. The molecule has 1 N–H and O–H groups in total. The SMILES string of the molecule is CC[C@H](C)[C@@H](CN(CC(=O)N(C)[C@@H](CCSC)C(=O)O)Cc1cccc2ccccc12)N(C(C)=O)c1cncn1Cc1ccc(C#N)cc1. The molecule has 4 rings (SSSR count). The van der Waals surface area contributed by atoms with Crippen LogP contribution in [0.3, 0.4) is 0 Å². The van der Waals surface area contributed by atoms with Crippen LogP contribution in [-0.4, -0.2) is 86.5 Å². The van der Waals surface area contributed by atoms with Gasteiger partial charge in [0.15, 0.2) is 0 Å². The molecule has 0 radical (unpaired) electrons. The standard InChI is InChI=1S/C38H46N6O4S/c1-6-27(2)35(44(28(3)45)36-21-40-26-43(36)22-30-16-14-29(20-39)15-17-30)24-42(23-32-12-9-11-31-10-7-8-13-33(31)32)25-37(46)41(4)34(38(47)48)18-19-49-5/h7-17,21,26-27,34-35H,6,18-19,22-25H2,1-5H3,(H,47,48)/t27-,34-,35+/m0/s1. The van der Waals surface area contributed by atoms with Gasteiger partial charge < -0.3 is 14.6 Å². The van der Waals surface area contributed by atoms with Crippen LogP contribution in [0.4, 0.5) is 5.82 Å². The van der Waals surface area contributed by atoms with E-state index >= 15 is 0 Å². The number of fused-ring (bicyclic) bond motifs is 1. The summed E-state index contributed by atoms with van der Waals surface area (Å²) in [6.45, 7) is 6.95. The number of carboxylic acids is 1. The highest BCUT2D eigenvalue weighted by atomic mass is 32.2. The lowest BCUT2D eigenvalue weighted by Gasteiger charge is -2.39. The van der Waals surface area contributed by atoms with E-state index in [1.807, 2.05) is 46.1 Å². The number of imidazole rings is 1. The normalized spacial score (nSPS) is 13.1. The zero-order valence-electron chi connectivity index (χ0n) is 29.0. The van der Waals surface area contributed by atoms with Gasteiger partial charge >= 0.3 is 5.97 Å². The number of anilines is 1. The number of rotatable bonds is 17. The van der Waals surface area contributed by atoms with E-state index in [4.69, 9.17) is 0 Å². The Morgan fingerprint density at radius 3 is 2.43 bits per heavy atom. The number of carboxylic acid groups (broad SMARTS) is 1. The molecule has 2 amide bonds. The highest BCUT2D eigenvalue weighted by Crippen LogP contribution is 2.27. The zero-order chi connectivity index (χ0) is 35.5. The second-order valence-corrected chi connectivity index (χ2v) is 13.5. The van der Waals surface area contributed by atoms with Gasteiger partial charge in [0.2, 0.25) is 11.8 Å². The molecular weight excluding hydrogens is 637 g/mol. The first-order valence-corrected chi connectivity index (χ1v) is 17.9. The van der Waals surface area contributed by atoms with E-state index in [0.717, 1.165) is 28.3 Å². The molecule has 1 aromatic heterocycles. The largest absolute Gasteiger partial charge is 0.480 e. The lowest BCUT2D eigenvalue weighted by atomic mass is 9.96. The third kappa shape index (κ3) is 9.49. The van der Waals surface area contributed by atoms with Crippen molar-refractivity contribution in [3.8, 4) is 6.07 Å². The van der Waals surface area contributed by atoms with E-state index in [1.165, 1.54) is 4.90 Å². The monoisotopic (exact) mass is 682 g/mol. The van der Waals surface area contributed by atoms with Crippen molar-refractivity contribution in [2.75, 3.05) is 37.0 Å². The number of nitrogens with zero attached hydrogens (tertiary/aromatic N) is 6. The number of benzene rings is 3. The number of likely N-dealkylation sites (N-methyl/N-ethyl adjacent to an activating group) is 1. The van der Waals surface area contributed by atoms with Gasteiger partial charge in [0.05, 0.1) is 43.3 Å². The van der Waals surface area contributed by atoms with Crippen LogP contribution in [0.2, 0.25) is 0 Å². The second kappa shape index (κ2) is 17.7. The molecule has 0 aliphatic heterocycles. The Morgan fingerprint density at radius 1 is 1.06 bits per heavy atom. The molecule has 0 aliphatic rings. The molecule has 49 heavy (non-hydrogen) atoms. The summed E-state index contributed by atoms with van der Waals surface area (Å²) in [7, 11) is 1.56. The van der Waals surface area contributed by atoms with Crippen molar-refractivity contribution in [3.05, 3.63) is 95.9 Å². The number of aliphatic carboxylic acids is 1. The second-order valence-electron chi connectivity index (χ2n) is 12.5. The third-order valence-electron chi connectivity index (χ3n) is 9.16. The Hall–Kier alpha value is -4.66. The van der Waals surface area contributed by atoms with E-state index in [1.54, 1.807) is 55.3 Å². The molecule has 10 nitrogen and oxygen atoms in total. The Bertz CT molecular complexity index is 1760. The number of aromatic nitrogens is 2. The van der Waals surface area contributed by atoms with E-state index in [-0.39, 0.29) is 30.3 Å². The van der Waals surface area contributed by atoms with Crippen molar-refractivity contribution in [2.45, 2.75) is 58.8 Å². The summed E-state index contributed by atoms with van der Waals surface area (Å²) in [6.07, 6.45) is 6.43. The van der Waals surface area contributed by atoms with Crippen molar-refractivity contribution in [1.82, 2.24) is 19.4 Å². The van der Waals surface area contributed by atoms with Crippen molar-refractivity contribution < 1.29 is 19.5 Å². The molecule has 4 aromatic rings. The molecule has 3 aromatic carbocycles. The van der Waals surface area contributed by atoms with Gasteiger partial charge in [-0.3, -0.25) is 19.4 Å². The topological polar surface area (TPSA) is 123 Å².